The van der Waals surface area contributed by atoms with Crippen LogP contribution in [0.3, 0.4) is 0 Å². The summed E-state index contributed by atoms with van der Waals surface area (Å²) in [5.74, 6) is -0.448. The molecule has 122 valence electrons. The minimum absolute atomic E-state index is 0.00274. The number of benzene rings is 2. The maximum absolute atomic E-state index is 11.8. The fourth-order valence-electron chi connectivity index (χ4n) is 1.91. The van der Waals surface area contributed by atoms with E-state index in [9.17, 15) is 9.59 Å². The predicted molar refractivity (Wildman–Crippen MR) is 93.3 cm³/mol. The molecular formula is C16H12ClN3O3S. The number of nitrogens with one attached hydrogen (secondary N) is 2. The van der Waals surface area contributed by atoms with Crippen LogP contribution in [0.5, 0.6) is 0 Å². The molecule has 8 heteroatoms. The topological polar surface area (TPSA) is 84.2 Å². The second kappa shape index (κ2) is 7.37. The lowest BCUT2D eigenvalue weighted by molar-refractivity contribution is -0.117. The number of thioether (sulfide) groups is 1. The molecule has 0 aliphatic rings. The lowest BCUT2D eigenvalue weighted by atomic mass is 10.3. The summed E-state index contributed by atoms with van der Waals surface area (Å²) in [5.41, 5.74) is 1.81. The normalized spacial score (nSPS) is 10.5. The van der Waals surface area contributed by atoms with Gasteiger partial charge < -0.3 is 9.73 Å². The number of imide groups is 1. The van der Waals surface area contributed by atoms with Gasteiger partial charge in [-0.3, -0.25) is 10.1 Å². The number of oxazole rings is 1. The van der Waals surface area contributed by atoms with Gasteiger partial charge in [-0.05, 0) is 24.3 Å². The number of hydrogen-bond acceptors (Lipinski definition) is 5. The van der Waals surface area contributed by atoms with Crippen LogP contribution < -0.4 is 10.6 Å². The van der Waals surface area contributed by atoms with E-state index in [0.29, 0.717) is 27.0 Å². The molecule has 0 unspecified atom stereocenters. The third-order valence-electron chi connectivity index (χ3n) is 2.94. The Morgan fingerprint density at radius 1 is 1.17 bits per heavy atom. The van der Waals surface area contributed by atoms with Crippen molar-refractivity contribution in [3.63, 3.8) is 0 Å². The first-order chi connectivity index (χ1) is 11.6. The number of para-hydroxylation sites is 1. The molecule has 6 nitrogen and oxygen atoms in total. The second-order valence-corrected chi connectivity index (χ2v) is 6.11. The molecule has 0 bridgehead atoms. The fourth-order valence-corrected chi connectivity index (χ4v) is 2.71. The highest BCUT2D eigenvalue weighted by Gasteiger charge is 2.12. The molecule has 0 fully saturated rings. The third-order valence-corrected chi connectivity index (χ3v) is 4.01. The molecule has 3 amide bonds. The van der Waals surface area contributed by atoms with Gasteiger partial charge in [-0.1, -0.05) is 41.6 Å². The van der Waals surface area contributed by atoms with Crippen LogP contribution in [0, 0.1) is 0 Å². The Morgan fingerprint density at radius 3 is 2.75 bits per heavy atom. The van der Waals surface area contributed by atoms with Gasteiger partial charge in [0.15, 0.2) is 5.58 Å². The van der Waals surface area contributed by atoms with Crippen LogP contribution in [0.4, 0.5) is 10.5 Å². The van der Waals surface area contributed by atoms with Crippen LogP contribution in [0.1, 0.15) is 0 Å². The summed E-state index contributed by atoms with van der Waals surface area (Å²) in [6.45, 7) is 0. The highest BCUT2D eigenvalue weighted by molar-refractivity contribution is 7.99. The largest absolute Gasteiger partial charge is 0.431 e. The van der Waals surface area contributed by atoms with Crippen molar-refractivity contribution in [1.29, 1.82) is 0 Å². The standard InChI is InChI=1S/C16H12ClN3O3S/c17-10-6-7-12-13(8-10)23-16(19-12)24-9-14(21)20-15(22)18-11-4-2-1-3-5-11/h1-8H,9H2,(H2,18,20,21,22). The van der Waals surface area contributed by atoms with Gasteiger partial charge in [0, 0.05) is 16.8 Å². The molecule has 1 aromatic heterocycles. The maximum atomic E-state index is 11.8. The second-order valence-electron chi connectivity index (χ2n) is 4.75. The van der Waals surface area contributed by atoms with E-state index in [1.54, 1.807) is 42.5 Å². The van der Waals surface area contributed by atoms with E-state index < -0.39 is 11.9 Å². The molecule has 0 saturated heterocycles. The van der Waals surface area contributed by atoms with Crippen LogP contribution in [0.25, 0.3) is 11.1 Å². The molecule has 0 atom stereocenters. The lowest BCUT2D eigenvalue weighted by Gasteiger charge is -2.05. The minimum atomic E-state index is -0.587. The Morgan fingerprint density at radius 2 is 1.96 bits per heavy atom. The Bertz CT molecular complexity index is 883. The van der Waals surface area contributed by atoms with E-state index in [4.69, 9.17) is 16.0 Å². The molecule has 0 aliphatic heterocycles. The van der Waals surface area contributed by atoms with Crippen LogP contribution in [0.2, 0.25) is 5.02 Å². The van der Waals surface area contributed by atoms with Crippen molar-refractivity contribution in [2.75, 3.05) is 11.1 Å². The zero-order valence-electron chi connectivity index (χ0n) is 12.3. The van der Waals surface area contributed by atoms with E-state index in [2.05, 4.69) is 15.6 Å². The number of carbonyl (C=O) groups excluding carboxylic acids is 2. The number of rotatable bonds is 4. The van der Waals surface area contributed by atoms with E-state index in [-0.39, 0.29) is 5.75 Å². The van der Waals surface area contributed by atoms with Crippen molar-refractivity contribution in [3.8, 4) is 0 Å². The molecule has 0 spiro atoms. The fraction of sp³-hybridized carbons (Fsp3) is 0.0625. The molecule has 0 saturated carbocycles. The minimum Gasteiger partial charge on any atom is -0.431 e. The molecule has 0 aliphatic carbocycles. The zero-order valence-corrected chi connectivity index (χ0v) is 13.9. The van der Waals surface area contributed by atoms with Gasteiger partial charge in [0.25, 0.3) is 5.22 Å². The molecule has 3 aromatic rings. The van der Waals surface area contributed by atoms with Crippen molar-refractivity contribution in [2.45, 2.75) is 5.22 Å². The molecule has 1 heterocycles. The van der Waals surface area contributed by atoms with Gasteiger partial charge in [-0.25, -0.2) is 9.78 Å². The number of halogens is 1. The van der Waals surface area contributed by atoms with Gasteiger partial charge in [-0.2, -0.15) is 0 Å². The summed E-state index contributed by atoms with van der Waals surface area (Å²) >= 11 is 6.97. The van der Waals surface area contributed by atoms with Crippen LogP contribution in [-0.2, 0) is 4.79 Å². The highest BCUT2D eigenvalue weighted by atomic mass is 35.5. The quantitative estimate of drug-likeness (QED) is 0.688. The summed E-state index contributed by atoms with van der Waals surface area (Å²) in [7, 11) is 0. The van der Waals surface area contributed by atoms with Crippen molar-refractivity contribution < 1.29 is 14.0 Å². The van der Waals surface area contributed by atoms with Crippen LogP contribution in [0.15, 0.2) is 58.2 Å². The average Bonchev–Trinajstić information content (AvgIpc) is 2.95. The van der Waals surface area contributed by atoms with E-state index in [0.717, 1.165) is 11.8 Å². The summed E-state index contributed by atoms with van der Waals surface area (Å²) in [6, 6.07) is 13.4. The Balaban J connectivity index is 1.52. The highest BCUT2D eigenvalue weighted by Crippen LogP contribution is 2.25. The van der Waals surface area contributed by atoms with Crippen molar-refractivity contribution in [2.24, 2.45) is 0 Å². The smallest absolute Gasteiger partial charge is 0.325 e. The van der Waals surface area contributed by atoms with Gasteiger partial charge in [0.1, 0.15) is 5.52 Å². The Kier molecular flexibility index (Phi) is 5.02. The average molecular weight is 362 g/mol. The van der Waals surface area contributed by atoms with Crippen molar-refractivity contribution in [1.82, 2.24) is 10.3 Å². The van der Waals surface area contributed by atoms with Crippen molar-refractivity contribution in [3.05, 3.63) is 53.6 Å². The zero-order chi connectivity index (χ0) is 16.9. The van der Waals surface area contributed by atoms with Gasteiger partial charge in [0.05, 0.1) is 5.75 Å². The summed E-state index contributed by atoms with van der Waals surface area (Å²) in [5, 5.41) is 5.69. The molecule has 24 heavy (non-hydrogen) atoms. The first-order valence-electron chi connectivity index (χ1n) is 6.95. The molecule has 3 rings (SSSR count). The number of urea groups is 1. The first-order valence-corrected chi connectivity index (χ1v) is 8.31. The summed E-state index contributed by atoms with van der Waals surface area (Å²) in [6.07, 6.45) is 0. The first kappa shape index (κ1) is 16.4. The number of nitrogens with zero attached hydrogens (tertiary/aromatic N) is 1. The Hall–Kier alpha value is -2.51. The SMILES string of the molecule is O=C(CSc1nc2ccc(Cl)cc2o1)NC(=O)Nc1ccccc1. The number of aromatic nitrogens is 1. The monoisotopic (exact) mass is 361 g/mol. The van der Waals surface area contributed by atoms with Crippen LogP contribution >= 0.6 is 23.4 Å². The summed E-state index contributed by atoms with van der Waals surface area (Å²) < 4.78 is 5.49. The number of amides is 3. The number of anilines is 1. The summed E-state index contributed by atoms with van der Waals surface area (Å²) in [4.78, 5) is 27.7. The molecule has 0 radical (unpaired) electrons. The van der Waals surface area contributed by atoms with E-state index >= 15 is 0 Å². The molecular weight excluding hydrogens is 350 g/mol. The lowest BCUT2D eigenvalue weighted by Crippen LogP contribution is -2.35. The number of fused-ring (bicyclic) bond motifs is 1. The number of carbonyl (C=O) groups is 2. The van der Waals surface area contributed by atoms with Crippen molar-refractivity contribution >= 4 is 52.1 Å². The van der Waals surface area contributed by atoms with E-state index in [1.807, 2.05) is 6.07 Å². The molecule has 2 aromatic carbocycles. The number of hydrogen-bond donors (Lipinski definition) is 2. The van der Waals surface area contributed by atoms with Crippen LogP contribution in [-0.4, -0.2) is 22.7 Å². The Labute approximate surface area is 146 Å². The third kappa shape index (κ3) is 4.27. The van der Waals surface area contributed by atoms with Gasteiger partial charge >= 0.3 is 6.03 Å². The predicted octanol–water partition coefficient (Wildman–Crippen LogP) is 3.92. The maximum Gasteiger partial charge on any atom is 0.325 e. The van der Waals surface area contributed by atoms with Gasteiger partial charge in [0.2, 0.25) is 5.91 Å². The van der Waals surface area contributed by atoms with E-state index in [1.165, 1.54) is 0 Å². The molecule has 2 N–H and O–H groups in total. The van der Waals surface area contributed by atoms with Gasteiger partial charge in [-0.15, -0.1) is 0 Å².